The molecule has 4 rings (SSSR count). The van der Waals surface area contributed by atoms with Crippen molar-refractivity contribution in [3.63, 3.8) is 0 Å². The summed E-state index contributed by atoms with van der Waals surface area (Å²) in [6, 6.07) is 0. The van der Waals surface area contributed by atoms with E-state index in [1.165, 1.54) is 5.57 Å². The van der Waals surface area contributed by atoms with Gasteiger partial charge in [0.25, 0.3) is 0 Å². The van der Waals surface area contributed by atoms with E-state index in [1.807, 2.05) is 0 Å². The van der Waals surface area contributed by atoms with Gasteiger partial charge in [0.1, 0.15) is 11.9 Å². The number of rotatable bonds is 0. The van der Waals surface area contributed by atoms with Crippen LogP contribution in [-0.2, 0) is 9.59 Å². The average Bonchev–Trinajstić information content (AvgIpc) is 2.76. The van der Waals surface area contributed by atoms with Gasteiger partial charge in [-0.2, -0.15) is 0 Å². The number of carbonyl (C=O) groups excluding carboxylic acids is 2. The van der Waals surface area contributed by atoms with E-state index in [1.54, 1.807) is 6.08 Å². The van der Waals surface area contributed by atoms with Crippen molar-refractivity contribution in [1.29, 1.82) is 0 Å². The van der Waals surface area contributed by atoms with Crippen molar-refractivity contribution in [3.05, 3.63) is 11.6 Å². The van der Waals surface area contributed by atoms with Crippen molar-refractivity contribution >= 4 is 11.6 Å². The lowest BCUT2D eigenvalue weighted by Crippen LogP contribution is -2.47. The Morgan fingerprint density at radius 1 is 1.14 bits per heavy atom. The summed E-state index contributed by atoms with van der Waals surface area (Å²) in [5.74, 6) is 2.51. The molecular weight excluding hydrogens is 264 g/mol. The molecule has 3 fully saturated rings. The third-order valence-electron chi connectivity index (χ3n) is 7.09. The minimum Gasteiger partial charge on any atom is -0.385 e. The number of fused-ring (bicyclic) bond motifs is 5. The highest BCUT2D eigenvalue weighted by Crippen LogP contribution is 2.60. The Morgan fingerprint density at radius 3 is 2.76 bits per heavy atom. The predicted octanol–water partition coefficient (Wildman–Crippen LogP) is 2.67. The monoisotopic (exact) mass is 288 g/mol. The molecule has 0 spiro atoms. The van der Waals surface area contributed by atoms with E-state index in [4.69, 9.17) is 0 Å². The normalized spacial score (nSPS) is 49.2. The molecule has 0 amide bonds. The van der Waals surface area contributed by atoms with Crippen LogP contribution in [0.25, 0.3) is 0 Å². The van der Waals surface area contributed by atoms with Crippen LogP contribution in [0.1, 0.15) is 51.9 Å². The number of aliphatic hydroxyl groups is 1. The Bertz CT molecular complexity index is 535. The zero-order valence-electron chi connectivity index (χ0n) is 12.7. The van der Waals surface area contributed by atoms with Gasteiger partial charge in [-0.25, -0.2) is 0 Å². The number of ketones is 2. The molecule has 0 bridgehead atoms. The summed E-state index contributed by atoms with van der Waals surface area (Å²) in [6.07, 6.45) is 7.58. The molecule has 0 heterocycles. The quantitative estimate of drug-likeness (QED) is 0.745. The van der Waals surface area contributed by atoms with Crippen LogP contribution in [-0.4, -0.2) is 22.8 Å². The van der Waals surface area contributed by atoms with Crippen molar-refractivity contribution in [2.24, 2.45) is 29.1 Å². The molecule has 6 atom stereocenters. The van der Waals surface area contributed by atoms with Gasteiger partial charge in [-0.05, 0) is 68.3 Å². The first kappa shape index (κ1) is 13.7. The Hall–Kier alpha value is -0.960. The maximum Gasteiger partial charge on any atom is 0.184 e. The van der Waals surface area contributed by atoms with Crippen molar-refractivity contribution in [3.8, 4) is 0 Å². The molecule has 3 saturated carbocycles. The summed E-state index contributed by atoms with van der Waals surface area (Å²) in [5.41, 5.74) is 1.20. The lowest BCUT2D eigenvalue weighted by atomic mass is 9.52. The largest absolute Gasteiger partial charge is 0.385 e. The Labute approximate surface area is 125 Å². The lowest BCUT2D eigenvalue weighted by molar-refractivity contribution is -0.131. The third kappa shape index (κ3) is 1.82. The molecule has 0 aliphatic heterocycles. The zero-order valence-corrected chi connectivity index (χ0v) is 12.7. The fourth-order valence-corrected chi connectivity index (χ4v) is 5.94. The van der Waals surface area contributed by atoms with Gasteiger partial charge in [0.2, 0.25) is 0 Å². The van der Waals surface area contributed by atoms with Crippen LogP contribution < -0.4 is 0 Å². The molecule has 3 heteroatoms. The molecule has 1 N–H and O–H groups in total. The summed E-state index contributed by atoms with van der Waals surface area (Å²) < 4.78 is 0. The Balaban J connectivity index is 1.65. The first-order valence-electron chi connectivity index (χ1n) is 8.46. The fourth-order valence-electron chi connectivity index (χ4n) is 5.94. The molecule has 0 saturated heterocycles. The number of hydrogen-bond acceptors (Lipinski definition) is 3. The van der Waals surface area contributed by atoms with Crippen LogP contribution in [0.4, 0.5) is 0 Å². The number of Topliss-reactive ketones (excluding diaryl/α,β-unsaturated/α-hetero) is 1. The number of carbonyl (C=O) groups is 2. The molecule has 0 radical (unpaired) electrons. The predicted molar refractivity (Wildman–Crippen MR) is 78.5 cm³/mol. The zero-order chi connectivity index (χ0) is 14.8. The maximum absolute atomic E-state index is 12.3. The second-order valence-electron chi connectivity index (χ2n) is 7.87. The van der Waals surface area contributed by atoms with Crippen LogP contribution in [0.15, 0.2) is 11.6 Å². The molecule has 3 nitrogen and oxygen atoms in total. The Kier molecular flexibility index (Phi) is 2.94. The first-order chi connectivity index (χ1) is 10.0. The van der Waals surface area contributed by atoms with E-state index >= 15 is 0 Å². The van der Waals surface area contributed by atoms with E-state index in [0.717, 1.165) is 38.5 Å². The smallest absolute Gasteiger partial charge is 0.184 e. The van der Waals surface area contributed by atoms with Crippen molar-refractivity contribution in [1.82, 2.24) is 0 Å². The van der Waals surface area contributed by atoms with Gasteiger partial charge in [-0.1, -0.05) is 12.5 Å². The van der Waals surface area contributed by atoms with Crippen molar-refractivity contribution in [2.75, 3.05) is 0 Å². The van der Waals surface area contributed by atoms with Crippen LogP contribution in [0.3, 0.4) is 0 Å². The van der Waals surface area contributed by atoms with Crippen LogP contribution >= 0.6 is 0 Å². The van der Waals surface area contributed by atoms with E-state index < -0.39 is 6.10 Å². The van der Waals surface area contributed by atoms with Crippen LogP contribution in [0.5, 0.6) is 0 Å². The molecule has 4 aliphatic rings. The van der Waals surface area contributed by atoms with E-state index in [9.17, 15) is 14.7 Å². The fraction of sp³-hybridized carbons (Fsp3) is 0.778. The highest BCUT2D eigenvalue weighted by molar-refractivity contribution is 5.95. The summed E-state index contributed by atoms with van der Waals surface area (Å²) in [7, 11) is 0. The van der Waals surface area contributed by atoms with Gasteiger partial charge >= 0.3 is 0 Å². The van der Waals surface area contributed by atoms with Gasteiger partial charge in [0, 0.05) is 11.8 Å². The molecule has 1 unspecified atom stereocenters. The molecule has 0 aromatic heterocycles. The van der Waals surface area contributed by atoms with Crippen molar-refractivity contribution in [2.45, 2.75) is 58.0 Å². The summed E-state index contributed by atoms with van der Waals surface area (Å²) in [4.78, 5) is 24.0. The van der Waals surface area contributed by atoms with E-state index in [0.29, 0.717) is 35.9 Å². The van der Waals surface area contributed by atoms with Gasteiger partial charge in [0.15, 0.2) is 5.78 Å². The molecule has 114 valence electrons. The third-order valence-corrected chi connectivity index (χ3v) is 7.09. The molecule has 0 aromatic rings. The topological polar surface area (TPSA) is 54.4 Å². The van der Waals surface area contributed by atoms with Crippen LogP contribution in [0, 0.1) is 29.1 Å². The standard InChI is InChI=1S/C18H24O3/c1-18-7-6-11-12(14(18)4-5-17(18)21)3-2-10-8-15(19)16(20)9-13(10)11/h8,11-14,16,20H,2-7,9H2,1H3/t11-,12+,13-,14-,16?,18-/m0/s1. The maximum atomic E-state index is 12.3. The Morgan fingerprint density at radius 2 is 1.95 bits per heavy atom. The second-order valence-corrected chi connectivity index (χ2v) is 7.87. The molecular formula is C18H24O3. The number of aliphatic hydroxyl groups excluding tert-OH is 1. The summed E-state index contributed by atoms with van der Waals surface area (Å²) in [6.45, 7) is 2.19. The summed E-state index contributed by atoms with van der Waals surface area (Å²) >= 11 is 0. The molecule has 0 aromatic carbocycles. The van der Waals surface area contributed by atoms with Crippen LogP contribution in [0.2, 0.25) is 0 Å². The van der Waals surface area contributed by atoms with Gasteiger partial charge in [0.05, 0.1) is 0 Å². The first-order valence-corrected chi connectivity index (χ1v) is 8.46. The number of allylic oxidation sites excluding steroid dienone is 1. The minimum atomic E-state index is -0.795. The summed E-state index contributed by atoms with van der Waals surface area (Å²) in [5, 5.41) is 9.94. The highest BCUT2D eigenvalue weighted by atomic mass is 16.3. The van der Waals surface area contributed by atoms with E-state index in [-0.39, 0.29) is 11.2 Å². The lowest BCUT2D eigenvalue weighted by Gasteiger charge is -2.52. The molecule has 4 aliphatic carbocycles. The SMILES string of the molecule is C[C@]12CC[C@H]3[C@@H](CCC4=CC(=O)C(O)C[C@@H]43)[C@@H]1CCC2=O. The van der Waals surface area contributed by atoms with Gasteiger partial charge < -0.3 is 5.11 Å². The molecule has 21 heavy (non-hydrogen) atoms. The van der Waals surface area contributed by atoms with Gasteiger partial charge in [-0.15, -0.1) is 0 Å². The van der Waals surface area contributed by atoms with Crippen molar-refractivity contribution < 1.29 is 14.7 Å². The van der Waals surface area contributed by atoms with E-state index in [2.05, 4.69) is 6.92 Å². The average molecular weight is 288 g/mol. The highest BCUT2D eigenvalue weighted by Gasteiger charge is 2.56. The second kappa shape index (κ2) is 4.52. The number of hydrogen-bond donors (Lipinski definition) is 1. The van der Waals surface area contributed by atoms with Gasteiger partial charge in [-0.3, -0.25) is 9.59 Å². The minimum absolute atomic E-state index is 0.0779.